The van der Waals surface area contributed by atoms with Gasteiger partial charge >= 0.3 is 5.57 Å². The number of anilines is 1. The lowest BCUT2D eigenvalue weighted by Gasteiger charge is -2.22. The van der Waals surface area contributed by atoms with Crippen LogP contribution >= 0.6 is 11.6 Å². The van der Waals surface area contributed by atoms with Crippen molar-refractivity contribution in [2.45, 2.75) is 31.9 Å². The molecular formula is C13H16ClF2N5O2. The molecule has 0 aromatic carbocycles. The summed E-state index contributed by atoms with van der Waals surface area (Å²) >= 11 is 4.68. The normalized spacial score (nSPS) is 12.3. The summed E-state index contributed by atoms with van der Waals surface area (Å²) in [7, 11) is 1.43. The molecule has 126 valence electrons. The SMILES string of the molecule is Cn1nc(OC(F)(F)Cl)cc1C(=O)Nc1ccnn1C(C)(C)C. The second-order valence-corrected chi connectivity index (χ2v) is 6.23. The molecule has 1 N–H and O–H groups in total. The number of nitrogens with one attached hydrogen (secondary N) is 1. The molecule has 23 heavy (non-hydrogen) atoms. The fourth-order valence-corrected chi connectivity index (χ4v) is 2.01. The van der Waals surface area contributed by atoms with Crippen molar-refractivity contribution < 1.29 is 18.3 Å². The monoisotopic (exact) mass is 347 g/mol. The number of nitrogens with zero attached hydrogens (tertiary/aromatic N) is 4. The number of ether oxygens (including phenoxy) is 1. The molecule has 2 rings (SSSR count). The first-order valence-corrected chi connectivity index (χ1v) is 7.01. The van der Waals surface area contributed by atoms with Crippen molar-refractivity contribution in [3.8, 4) is 5.88 Å². The van der Waals surface area contributed by atoms with Gasteiger partial charge in [-0.3, -0.25) is 9.48 Å². The zero-order valence-electron chi connectivity index (χ0n) is 13.0. The van der Waals surface area contributed by atoms with Crippen molar-refractivity contribution in [2.75, 3.05) is 5.32 Å². The lowest BCUT2D eigenvalue weighted by Crippen LogP contribution is -2.27. The molecule has 0 unspecified atom stereocenters. The lowest BCUT2D eigenvalue weighted by molar-refractivity contribution is -0.0993. The number of carbonyl (C=O) groups excluding carboxylic acids is 1. The van der Waals surface area contributed by atoms with Gasteiger partial charge in [0.2, 0.25) is 5.88 Å². The van der Waals surface area contributed by atoms with Gasteiger partial charge in [-0.05, 0) is 20.8 Å². The molecule has 7 nitrogen and oxygen atoms in total. The van der Waals surface area contributed by atoms with Crippen LogP contribution in [0.2, 0.25) is 0 Å². The molecule has 0 aliphatic heterocycles. The fourth-order valence-electron chi connectivity index (χ4n) is 1.93. The Morgan fingerprint density at radius 2 is 2.04 bits per heavy atom. The van der Waals surface area contributed by atoms with Gasteiger partial charge < -0.3 is 10.1 Å². The van der Waals surface area contributed by atoms with Crippen molar-refractivity contribution in [1.82, 2.24) is 19.6 Å². The van der Waals surface area contributed by atoms with Gasteiger partial charge in [-0.1, -0.05) is 0 Å². The Labute approximate surface area is 136 Å². The van der Waals surface area contributed by atoms with Crippen LogP contribution in [0.5, 0.6) is 5.88 Å². The van der Waals surface area contributed by atoms with Crippen LogP contribution in [-0.4, -0.2) is 31.0 Å². The minimum Gasteiger partial charge on any atom is -0.400 e. The third kappa shape index (κ3) is 4.19. The molecule has 0 aliphatic carbocycles. The van der Waals surface area contributed by atoms with E-state index in [0.717, 1.165) is 10.7 Å². The first kappa shape index (κ1) is 17.2. The highest BCUT2D eigenvalue weighted by Crippen LogP contribution is 2.25. The molecular weight excluding hydrogens is 332 g/mol. The van der Waals surface area contributed by atoms with Gasteiger partial charge in [-0.2, -0.15) is 5.10 Å². The van der Waals surface area contributed by atoms with Crippen LogP contribution in [0.3, 0.4) is 0 Å². The van der Waals surface area contributed by atoms with E-state index >= 15 is 0 Å². The summed E-state index contributed by atoms with van der Waals surface area (Å²) in [6.45, 7) is 5.77. The third-order valence-electron chi connectivity index (χ3n) is 2.83. The van der Waals surface area contributed by atoms with Gasteiger partial charge in [0.25, 0.3) is 5.91 Å². The summed E-state index contributed by atoms with van der Waals surface area (Å²) in [6, 6.07) is 2.70. The highest BCUT2D eigenvalue weighted by Gasteiger charge is 2.30. The van der Waals surface area contributed by atoms with Crippen LogP contribution in [0.1, 0.15) is 31.3 Å². The smallest absolute Gasteiger partial charge is 0.400 e. The van der Waals surface area contributed by atoms with Crippen LogP contribution in [0.4, 0.5) is 14.6 Å². The van der Waals surface area contributed by atoms with Crippen LogP contribution in [0.15, 0.2) is 18.3 Å². The molecule has 2 aromatic rings. The number of hydrogen-bond donors (Lipinski definition) is 1. The fraction of sp³-hybridized carbons (Fsp3) is 0.462. The average molecular weight is 348 g/mol. The number of alkyl halides is 3. The Morgan fingerprint density at radius 3 is 2.61 bits per heavy atom. The highest BCUT2D eigenvalue weighted by atomic mass is 35.5. The maximum absolute atomic E-state index is 12.6. The Bertz CT molecular complexity index is 715. The van der Waals surface area contributed by atoms with Gasteiger partial charge in [-0.25, -0.2) is 4.68 Å². The van der Waals surface area contributed by atoms with Crippen molar-refractivity contribution in [3.05, 3.63) is 24.0 Å². The quantitative estimate of drug-likeness (QED) is 0.863. The van der Waals surface area contributed by atoms with E-state index in [1.807, 2.05) is 20.8 Å². The minimum absolute atomic E-state index is 0.0302. The Balaban J connectivity index is 2.21. The lowest BCUT2D eigenvalue weighted by atomic mass is 10.1. The standard InChI is InChI=1S/C13H16ClF2N5O2/c1-12(2,3)21-9(5-6-17-21)18-11(22)8-7-10(19-20(8)4)23-13(14,15)16/h5-7H,1-4H3,(H,18,22). The van der Waals surface area contributed by atoms with E-state index in [0.29, 0.717) is 5.82 Å². The molecule has 0 aliphatic rings. The van der Waals surface area contributed by atoms with Gasteiger partial charge in [0.05, 0.1) is 11.7 Å². The van der Waals surface area contributed by atoms with Gasteiger partial charge in [0.15, 0.2) is 0 Å². The second-order valence-electron chi connectivity index (χ2n) is 5.79. The summed E-state index contributed by atoms with van der Waals surface area (Å²) < 4.78 is 32.1. The summed E-state index contributed by atoms with van der Waals surface area (Å²) in [6.07, 6.45) is 1.55. The van der Waals surface area contributed by atoms with E-state index in [1.54, 1.807) is 16.9 Å². The van der Waals surface area contributed by atoms with E-state index in [9.17, 15) is 13.6 Å². The number of amides is 1. The Hall–Kier alpha value is -2.16. The molecule has 0 saturated carbocycles. The van der Waals surface area contributed by atoms with Gasteiger partial charge in [0.1, 0.15) is 11.5 Å². The average Bonchev–Trinajstić information content (AvgIpc) is 2.93. The van der Waals surface area contributed by atoms with Crippen LogP contribution in [0, 0.1) is 0 Å². The number of hydrogen-bond acceptors (Lipinski definition) is 4. The summed E-state index contributed by atoms with van der Waals surface area (Å²) in [4.78, 5) is 12.3. The molecule has 1 amide bonds. The predicted molar refractivity (Wildman–Crippen MR) is 79.8 cm³/mol. The molecule has 0 bridgehead atoms. The molecule has 0 radical (unpaired) electrons. The second kappa shape index (κ2) is 5.80. The largest absolute Gasteiger partial charge is 0.488 e. The Morgan fingerprint density at radius 1 is 1.39 bits per heavy atom. The molecule has 0 atom stereocenters. The summed E-state index contributed by atoms with van der Waals surface area (Å²) in [5.41, 5.74) is -4.21. The maximum Gasteiger partial charge on any atom is 0.488 e. The van der Waals surface area contributed by atoms with E-state index in [4.69, 9.17) is 0 Å². The molecule has 2 heterocycles. The molecule has 0 spiro atoms. The number of aromatic nitrogens is 4. The molecule has 0 saturated heterocycles. The van der Waals surface area contributed by atoms with Crippen molar-refractivity contribution >= 4 is 23.3 Å². The third-order valence-corrected chi connectivity index (χ3v) is 2.91. The van der Waals surface area contributed by atoms with Crippen LogP contribution in [0.25, 0.3) is 0 Å². The summed E-state index contributed by atoms with van der Waals surface area (Å²) in [5, 5.41) is 10.5. The topological polar surface area (TPSA) is 74.0 Å². The van der Waals surface area contributed by atoms with Crippen molar-refractivity contribution in [1.29, 1.82) is 0 Å². The van der Waals surface area contributed by atoms with E-state index in [2.05, 4.69) is 31.9 Å². The molecule has 10 heteroatoms. The minimum atomic E-state index is -3.90. The van der Waals surface area contributed by atoms with E-state index < -0.39 is 17.4 Å². The maximum atomic E-state index is 12.6. The zero-order chi connectivity index (χ0) is 17.4. The first-order valence-electron chi connectivity index (χ1n) is 6.63. The van der Waals surface area contributed by atoms with Gasteiger partial charge in [0, 0.05) is 30.8 Å². The zero-order valence-corrected chi connectivity index (χ0v) is 13.7. The van der Waals surface area contributed by atoms with Crippen molar-refractivity contribution in [3.63, 3.8) is 0 Å². The van der Waals surface area contributed by atoms with Crippen molar-refractivity contribution in [2.24, 2.45) is 7.05 Å². The summed E-state index contributed by atoms with van der Waals surface area (Å²) in [5.74, 6) is -0.533. The first-order chi connectivity index (χ1) is 10.5. The number of halogens is 3. The number of carbonyl (C=O) groups is 1. The predicted octanol–water partition coefficient (Wildman–Crippen LogP) is 2.79. The van der Waals surface area contributed by atoms with E-state index in [1.165, 1.54) is 7.05 Å². The molecule has 2 aromatic heterocycles. The van der Waals surface area contributed by atoms with Crippen LogP contribution in [-0.2, 0) is 12.6 Å². The highest BCUT2D eigenvalue weighted by molar-refractivity contribution is 6.20. The molecule has 0 fully saturated rings. The van der Waals surface area contributed by atoms with Gasteiger partial charge in [-0.15, -0.1) is 13.9 Å². The number of rotatable bonds is 4. The van der Waals surface area contributed by atoms with E-state index in [-0.39, 0.29) is 11.2 Å². The Kier molecular flexibility index (Phi) is 4.34. The number of aryl methyl sites for hydroxylation is 1. The van der Waals surface area contributed by atoms with Crippen LogP contribution < -0.4 is 10.1 Å².